The predicted molar refractivity (Wildman–Crippen MR) is 19.8 cm³/mol. The Hall–Kier alpha value is -0.830. The van der Waals surface area contributed by atoms with Gasteiger partial charge in [0, 0.05) is 6.08 Å². The number of hydrogen-bond donors (Lipinski definition) is 2. The fourth-order valence-electron chi connectivity index (χ4n) is 0. The summed E-state index contributed by atoms with van der Waals surface area (Å²) in [5.41, 5.74) is 0. The van der Waals surface area contributed by atoms with E-state index in [0.717, 1.165) is 6.08 Å². The minimum absolute atomic E-state index is 0. The highest BCUT2D eigenvalue weighted by atomic mass is 16.4. The van der Waals surface area contributed by atoms with Crippen LogP contribution in [0.5, 0.6) is 0 Å². The summed E-state index contributed by atoms with van der Waals surface area (Å²) in [6, 6.07) is 0. The first-order valence-electron chi connectivity index (χ1n) is 1.12. The third kappa shape index (κ3) is 10.9. The molecule has 0 saturated heterocycles. The summed E-state index contributed by atoms with van der Waals surface area (Å²) in [4.78, 5) is 9.25. The Morgan fingerprint density at radius 1 is 1.83 bits per heavy atom. The van der Waals surface area contributed by atoms with Gasteiger partial charge in [-0.05, 0) is 0 Å². The van der Waals surface area contributed by atoms with Crippen LogP contribution in [0, 0.1) is 0 Å². The summed E-state index contributed by atoms with van der Waals surface area (Å²) in [5.74, 6) is -0.981. The zero-order valence-electron chi connectivity index (χ0n) is 3.09. The van der Waals surface area contributed by atoms with Gasteiger partial charge in [0.25, 0.3) is 0 Å². The van der Waals surface area contributed by atoms with Crippen molar-refractivity contribution >= 4 is 5.97 Å². The first-order valence-corrected chi connectivity index (χ1v) is 1.12. The molecule has 0 rings (SSSR count). The maximum Gasteiger partial charge on any atom is 0.327 e. The topological polar surface area (TPSA) is 67.3 Å². The molecule has 0 spiro atoms. The van der Waals surface area contributed by atoms with Gasteiger partial charge in [0.1, 0.15) is 0 Å². The van der Waals surface area contributed by atoms with Gasteiger partial charge < -0.3 is 5.11 Å². The summed E-state index contributed by atoms with van der Waals surface area (Å²) < 4.78 is 0. The normalized spacial score (nSPS) is 5.33. The number of carboxylic acids is 1. The first kappa shape index (κ1) is 8.95. The highest BCUT2D eigenvalue weighted by Crippen LogP contribution is 1.54. The van der Waals surface area contributed by atoms with Crippen LogP contribution >= 0.6 is 0 Å². The fourth-order valence-corrected chi connectivity index (χ4v) is 0. The van der Waals surface area contributed by atoms with E-state index in [9.17, 15) is 4.79 Å². The van der Waals surface area contributed by atoms with Crippen molar-refractivity contribution in [3.05, 3.63) is 12.7 Å². The zero-order valence-corrected chi connectivity index (χ0v) is 3.09. The van der Waals surface area contributed by atoms with E-state index in [0.29, 0.717) is 0 Å². The quantitative estimate of drug-likeness (QED) is 0.447. The van der Waals surface area contributed by atoms with E-state index in [1.165, 1.54) is 0 Å². The second kappa shape index (κ2) is 4.17. The molecule has 0 heterocycles. The molecule has 3 nitrogen and oxygen atoms in total. The highest BCUT2D eigenvalue weighted by Gasteiger charge is 1.73. The van der Waals surface area contributed by atoms with Crippen LogP contribution in [0.3, 0.4) is 0 Å². The van der Waals surface area contributed by atoms with Gasteiger partial charge in [0.15, 0.2) is 0 Å². The van der Waals surface area contributed by atoms with Gasteiger partial charge >= 0.3 is 5.97 Å². The molecule has 0 unspecified atom stereocenters. The van der Waals surface area contributed by atoms with Gasteiger partial charge in [-0.25, -0.2) is 4.79 Å². The van der Waals surface area contributed by atoms with Gasteiger partial charge in [-0.15, -0.1) is 0 Å². The van der Waals surface area contributed by atoms with Crippen LogP contribution in [0.25, 0.3) is 0 Å². The molecule has 0 aromatic carbocycles. The first-order chi connectivity index (χ1) is 2.27. The maximum absolute atomic E-state index is 9.25. The largest absolute Gasteiger partial charge is 0.478 e. The minimum Gasteiger partial charge on any atom is -0.478 e. The van der Waals surface area contributed by atoms with Crippen LogP contribution in [0.4, 0.5) is 0 Å². The monoisotopic (exact) mass is 89.0 g/mol. The van der Waals surface area contributed by atoms with E-state index in [-0.39, 0.29) is 5.48 Å². The van der Waals surface area contributed by atoms with Crippen molar-refractivity contribution in [3.8, 4) is 0 Å². The second-order valence-corrected chi connectivity index (χ2v) is 0.542. The average molecular weight is 89.1 g/mol. The Morgan fingerprint density at radius 2 is 2.00 bits per heavy atom. The van der Waals surface area contributed by atoms with E-state index in [1.54, 1.807) is 0 Å². The van der Waals surface area contributed by atoms with Crippen molar-refractivity contribution in [2.45, 2.75) is 0 Å². The molecule has 0 aromatic heterocycles. The van der Waals surface area contributed by atoms with Crippen molar-refractivity contribution in [3.63, 3.8) is 0 Å². The molecule has 0 aliphatic carbocycles. The van der Waals surface area contributed by atoms with Crippen LogP contribution < -0.4 is 0 Å². The van der Waals surface area contributed by atoms with Gasteiger partial charge in [0.05, 0.1) is 0 Å². The van der Waals surface area contributed by atoms with Gasteiger partial charge in [-0.1, -0.05) is 6.58 Å². The lowest BCUT2D eigenvalue weighted by Gasteiger charge is -1.64. The highest BCUT2D eigenvalue weighted by molar-refractivity contribution is 5.78. The Balaban J connectivity index is 0. The Labute approximate surface area is 35.2 Å². The zero-order chi connectivity index (χ0) is 4.28. The van der Waals surface area contributed by atoms with Crippen LogP contribution in [0.2, 0.25) is 0 Å². The molecule has 35 valence electrons. The van der Waals surface area contributed by atoms with E-state index in [1.807, 2.05) is 0 Å². The second-order valence-electron chi connectivity index (χ2n) is 0.542. The van der Waals surface area contributed by atoms with E-state index >= 15 is 0 Å². The molecule has 0 bridgehead atoms. The lowest BCUT2D eigenvalue weighted by atomic mass is 10.7. The lowest BCUT2D eigenvalue weighted by Crippen LogP contribution is -1.82. The number of rotatable bonds is 1. The van der Waals surface area contributed by atoms with Gasteiger partial charge in [0.2, 0.25) is 0 Å². The van der Waals surface area contributed by atoms with Gasteiger partial charge in [-0.3, -0.25) is 5.48 Å². The molecular weight excluding hydrogens is 84.0 g/mol. The number of hydrogen-bond acceptors (Lipinski definition) is 1. The van der Waals surface area contributed by atoms with E-state index in [4.69, 9.17) is 5.11 Å². The maximum atomic E-state index is 9.25. The van der Waals surface area contributed by atoms with Gasteiger partial charge in [-0.2, -0.15) is 0 Å². The van der Waals surface area contributed by atoms with Crippen molar-refractivity contribution in [2.24, 2.45) is 0 Å². The molecule has 0 amide bonds. The molecule has 3 heteroatoms. The smallest absolute Gasteiger partial charge is 0.327 e. The average Bonchev–Trinajstić information content (AvgIpc) is 1.38. The minimum atomic E-state index is -0.981. The molecule has 0 saturated carbocycles. The van der Waals surface area contributed by atoms with E-state index < -0.39 is 5.97 Å². The molecule has 0 fully saturated rings. The molecule has 6 heavy (non-hydrogen) atoms. The molecule has 0 aliphatic rings. The SMILES string of the molecule is C=CC(=O)O.[OH]. The van der Waals surface area contributed by atoms with Crippen molar-refractivity contribution < 1.29 is 15.4 Å². The third-order valence-electron chi connectivity index (χ3n) is 0.175. The standard InChI is InChI=1S/C3H4O2.HO/c1-2-3(4)5;/h2H,1H2,(H,4,5);1H. The fraction of sp³-hybridized carbons (Fsp3) is 0. The molecule has 1 radical (unpaired) electrons. The third-order valence-corrected chi connectivity index (χ3v) is 0.175. The van der Waals surface area contributed by atoms with Crippen LogP contribution in [0.1, 0.15) is 0 Å². The Bertz CT molecular complexity index is 57.1. The number of carboxylic acid groups (broad SMARTS) is 1. The Morgan fingerprint density at radius 3 is 2.00 bits per heavy atom. The lowest BCUT2D eigenvalue weighted by molar-refractivity contribution is -0.131. The number of aliphatic carboxylic acids is 1. The van der Waals surface area contributed by atoms with E-state index in [2.05, 4.69) is 6.58 Å². The van der Waals surface area contributed by atoms with Crippen LogP contribution in [-0.2, 0) is 4.79 Å². The summed E-state index contributed by atoms with van der Waals surface area (Å²) in [6.07, 6.45) is 0.833. The van der Waals surface area contributed by atoms with Crippen molar-refractivity contribution in [1.82, 2.24) is 0 Å². The molecule has 2 N–H and O–H groups in total. The van der Waals surface area contributed by atoms with Crippen LogP contribution in [-0.4, -0.2) is 16.6 Å². The summed E-state index contributed by atoms with van der Waals surface area (Å²) in [7, 11) is 0. The summed E-state index contributed by atoms with van der Waals surface area (Å²) >= 11 is 0. The Kier molecular flexibility index (Phi) is 6.22. The molecular formula is C3H5O3. The predicted octanol–water partition coefficient (Wildman–Crippen LogP) is 0.0802. The van der Waals surface area contributed by atoms with Crippen LogP contribution in [0.15, 0.2) is 12.7 Å². The van der Waals surface area contributed by atoms with Crippen molar-refractivity contribution in [2.75, 3.05) is 0 Å². The molecule has 0 aromatic rings. The number of carbonyl (C=O) groups is 1. The molecule has 0 aliphatic heterocycles. The van der Waals surface area contributed by atoms with Crippen molar-refractivity contribution in [1.29, 1.82) is 0 Å². The molecule has 0 atom stereocenters. The summed E-state index contributed by atoms with van der Waals surface area (Å²) in [6.45, 7) is 2.96. The summed E-state index contributed by atoms with van der Waals surface area (Å²) in [5, 5.41) is 7.60.